The van der Waals surface area contributed by atoms with Crippen molar-refractivity contribution in [2.75, 3.05) is 13.1 Å². The molecule has 0 radical (unpaired) electrons. The molecule has 0 unspecified atom stereocenters. The molecular weight excluding hydrogens is 256 g/mol. The molecule has 1 aliphatic heterocycles. The van der Waals surface area contributed by atoms with Gasteiger partial charge in [0.1, 0.15) is 0 Å². The van der Waals surface area contributed by atoms with E-state index in [-0.39, 0.29) is 10.6 Å². The van der Waals surface area contributed by atoms with Crippen molar-refractivity contribution in [3.63, 3.8) is 0 Å². The van der Waals surface area contributed by atoms with Crippen LogP contribution in [0.1, 0.15) is 19.8 Å². The maximum Gasteiger partial charge on any atom is 0.280 e. The number of hydrogen-bond acceptors (Lipinski definition) is 4. The van der Waals surface area contributed by atoms with E-state index in [0.717, 1.165) is 25.2 Å². The molecule has 106 valence electrons. The average molecular weight is 274 g/mol. The van der Waals surface area contributed by atoms with Crippen molar-refractivity contribution in [1.29, 1.82) is 0 Å². The van der Waals surface area contributed by atoms with E-state index >= 15 is 0 Å². The van der Waals surface area contributed by atoms with Gasteiger partial charge in [-0.3, -0.25) is 19.7 Å². The first-order valence-electron chi connectivity index (χ1n) is 7.00. The lowest BCUT2D eigenvalue weighted by Crippen LogP contribution is -2.30. The molecule has 1 fully saturated rings. The number of nitrogens with zero attached hydrogens (tertiary/aromatic N) is 4. The lowest BCUT2D eigenvalue weighted by atomic mass is 10.2. The topological polar surface area (TPSA) is 64.2 Å². The van der Waals surface area contributed by atoms with Crippen LogP contribution in [-0.4, -0.2) is 38.7 Å². The summed E-state index contributed by atoms with van der Waals surface area (Å²) in [6.45, 7) is 5.11. The van der Waals surface area contributed by atoms with E-state index in [1.54, 1.807) is 12.3 Å². The standard InChI is InChI=1S/C14H18N4O2/c1-11-4-3-7-16(11)8-9-17-13-5-2-6-14(18(19)20)12(13)10-15-17/h2,5-6,10-11H,3-4,7-9H2,1H3/t11-/m1/s1. The fourth-order valence-electron chi connectivity index (χ4n) is 2.97. The predicted octanol–water partition coefficient (Wildman–Crippen LogP) is 2.43. The number of nitro groups is 1. The summed E-state index contributed by atoms with van der Waals surface area (Å²) in [6, 6.07) is 5.77. The van der Waals surface area contributed by atoms with E-state index < -0.39 is 0 Å². The molecule has 2 aromatic rings. The number of fused-ring (bicyclic) bond motifs is 1. The maximum atomic E-state index is 11.0. The van der Waals surface area contributed by atoms with Crippen LogP contribution in [0.25, 0.3) is 10.9 Å². The highest BCUT2D eigenvalue weighted by Crippen LogP contribution is 2.25. The van der Waals surface area contributed by atoms with Gasteiger partial charge in [-0.05, 0) is 32.4 Å². The van der Waals surface area contributed by atoms with Gasteiger partial charge in [0.2, 0.25) is 0 Å². The Balaban J connectivity index is 1.82. The molecule has 0 spiro atoms. The summed E-state index contributed by atoms with van der Waals surface area (Å²) in [7, 11) is 0. The minimum atomic E-state index is -0.350. The van der Waals surface area contributed by atoms with E-state index in [2.05, 4.69) is 16.9 Å². The van der Waals surface area contributed by atoms with Crippen molar-refractivity contribution < 1.29 is 4.92 Å². The van der Waals surface area contributed by atoms with Crippen LogP contribution in [0.15, 0.2) is 24.4 Å². The number of rotatable bonds is 4. The number of hydrogen-bond donors (Lipinski definition) is 0. The molecule has 0 amide bonds. The summed E-state index contributed by atoms with van der Waals surface area (Å²) in [5.41, 5.74) is 0.967. The van der Waals surface area contributed by atoms with Gasteiger partial charge >= 0.3 is 0 Å². The summed E-state index contributed by atoms with van der Waals surface area (Å²) < 4.78 is 1.87. The summed E-state index contributed by atoms with van der Waals surface area (Å²) in [5, 5.41) is 15.9. The number of benzene rings is 1. The van der Waals surface area contributed by atoms with Gasteiger partial charge in [0.15, 0.2) is 0 Å². The van der Waals surface area contributed by atoms with Crippen LogP contribution in [0.4, 0.5) is 5.69 Å². The Hall–Kier alpha value is -1.95. The molecule has 6 nitrogen and oxygen atoms in total. The Morgan fingerprint density at radius 3 is 3.00 bits per heavy atom. The molecular formula is C14H18N4O2. The van der Waals surface area contributed by atoms with Gasteiger partial charge in [-0.15, -0.1) is 0 Å². The summed E-state index contributed by atoms with van der Waals surface area (Å²) in [4.78, 5) is 13.1. The van der Waals surface area contributed by atoms with Gasteiger partial charge in [-0.1, -0.05) is 6.07 Å². The molecule has 0 saturated carbocycles. The minimum absolute atomic E-state index is 0.128. The first-order valence-corrected chi connectivity index (χ1v) is 7.00. The van der Waals surface area contributed by atoms with Gasteiger partial charge in [-0.2, -0.15) is 5.10 Å². The number of likely N-dealkylation sites (tertiary alicyclic amines) is 1. The highest BCUT2D eigenvalue weighted by molar-refractivity contribution is 5.87. The summed E-state index contributed by atoms with van der Waals surface area (Å²) in [5.74, 6) is 0. The number of nitro benzene ring substituents is 1. The molecule has 20 heavy (non-hydrogen) atoms. The zero-order valence-electron chi connectivity index (χ0n) is 11.5. The van der Waals surface area contributed by atoms with Crippen molar-refractivity contribution >= 4 is 16.6 Å². The predicted molar refractivity (Wildman–Crippen MR) is 76.7 cm³/mol. The van der Waals surface area contributed by atoms with Gasteiger partial charge in [0, 0.05) is 18.7 Å². The molecule has 0 bridgehead atoms. The average Bonchev–Trinajstić information content (AvgIpc) is 3.02. The first-order chi connectivity index (χ1) is 9.66. The molecule has 1 aromatic carbocycles. The Labute approximate surface area is 117 Å². The number of non-ortho nitro benzene ring substituents is 1. The summed E-state index contributed by atoms with van der Waals surface area (Å²) in [6.07, 6.45) is 4.11. The highest BCUT2D eigenvalue weighted by atomic mass is 16.6. The molecule has 1 aromatic heterocycles. The molecule has 0 N–H and O–H groups in total. The van der Waals surface area contributed by atoms with Crippen molar-refractivity contribution in [3.8, 4) is 0 Å². The third-order valence-electron chi connectivity index (χ3n) is 4.15. The lowest BCUT2D eigenvalue weighted by Gasteiger charge is -2.20. The minimum Gasteiger partial charge on any atom is -0.299 e. The fourth-order valence-corrected chi connectivity index (χ4v) is 2.97. The van der Waals surface area contributed by atoms with Gasteiger partial charge in [-0.25, -0.2) is 0 Å². The van der Waals surface area contributed by atoms with Crippen LogP contribution in [0.3, 0.4) is 0 Å². The molecule has 6 heteroatoms. The lowest BCUT2D eigenvalue weighted by molar-refractivity contribution is -0.383. The maximum absolute atomic E-state index is 11.0. The van der Waals surface area contributed by atoms with E-state index in [1.165, 1.54) is 18.9 Å². The molecule has 1 saturated heterocycles. The van der Waals surface area contributed by atoms with Crippen LogP contribution < -0.4 is 0 Å². The van der Waals surface area contributed by atoms with E-state index in [1.807, 2.05) is 10.7 Å². The zero-order valence-corrected chi connectivity index (χ0v) is 11.5. The second-order valence-electron chi connectivity index (χ2n) is 5.36. The highest BCUT2D eigenvalue weighted by Gasteiger charge is 2.20. The molecule has 3 rings (SSSR count). The first kappa shape index (κ1) is 13.1. The monoisotopic (exact) mass is 274 g/mol. The quantitative estimate of drug-likeness (QED) is 0.634. The van der Waals surface area contributed by atoms with Gasteiger partial charge < -0.3 is 0 Å². The largest absolute Gasteiger partial charge is 0.299 e. The van der Waals surface area contributed by atoms with Crippen molar-refractivity contribution in [2.45, 2.75) is 32.4 Å². The Bertz CT molecular complexity index is 637. The van der Waals surface area contributed by atoms with Crippen molar-refractivity contribution in [1.82, 2.24) is 14.7 Å². The SMILES string of the molecule is C[C@@H]1CCCN1CCn1ncc2c([N+](=O)[O-])cccc21. The van der Waals surface area contributed by atoms with Crippen LogP contribution in [0, 0.1) is 10.1 Å². The van der Waals surface area contributed by atoms with E-state index in [0.29, 0.717) is 11.4 Å². The second kappa shape index (κ2) is 5.20. The Kier molecular flexibility index (Phi) is 3.40. The second-order valence-corrected chi connectivity index (χ2v) is 5.36. The van der Waals surface area contributed by atoms with Crippen LogP contribution in [-0.2, 0) is 6.54 Å². The van der Waals surface area contributed by atoms with Crippen molar-refractivity contribution in [2.24, 2.45) is 0 Å². The molecule has 2 heterocycles. The van der Waals surface area contributed by atoms with Crippen LogP contribution >= 0.6 is 0 Å². The third-order valence-corrected chi connectivity index (χ3v) is 4.15. The van der Waals surface area contributed by atoms with Gasteiger partial charge in [0.05, 0.1) is 28.6 Å². The normalized spacial score (nSPS) is 19.8. The Morgan fingerprint density at radius 2 is 2.30 bits per heavy atom. The fraction of sp³-hybridized carbons (Fsp3) is 0.500. The molecule has 0 aliphatic carbocycles. The Morgan fingerprint density at radius 1 is 1.45 bits per heavy atom. The van der Waals surface area contributed by atoms with Gasteiger partial charge in [0.25, 0.3) is 5.69 Å². The van der Waals surface area contributed by atoms with Crippen LogP contribution in [0.2, 0.25) is 0 Å². The van der Waals surface area contributed by atoms with E-state index in [9.17, 15) is 10.1 Å². The third kappa shape index (κ3) is 2.27. The summed E-state index contributed by atoms with van der Waals surface area (Å²) >= 11 is 0. The zero-order chi connectivity index (χ0) is 14.1. The van der Waals surface area contributed by atoms with Crippen molar-refractivity contribution in [3.05, 3.63) is 34.5 Å². The smallest absolute Gasteiger partial charge is 0.280 e. The number of aromatic nitrogens is 2. The molecule has 1 atom stereocenters. The molecule has 1 aliphatic rings. The van der Waals surface area contributed by atoms with Crippen LogP contribution in [0.5, 0.6) is 0 Å². The van der Waals surface area contributed by atoms with E-state index in [4.69, 9.17) is 0 Å².